The van der Waals surface area contributed by atoms with E-state index in [1.807, 2.05) is 6.92 Å². The van der Waals surface area contributed by atoms with Crippen molar-refractivity contribution in [2.45, 2.75) is 58.5 Å². The van der Waals surface area contributed by atoms with Gasteiger partial charge in [-0.05, 0) is 80.1 Å². The number of rotatable bonds is 6. The van der Waals surface area contributed by atoms with Gasteiger partial charge >= 0.3 is 0 Å². The van der Waals surface area contributed by atoms with Crippen LogP contribution in [0.2, 0.25) is 0 Å². The molecule has 9 N–H and O–H groups in total. The Morgan fingerprint density at radius 1 is 0.622 bits per heavy atom. The topological polar surface area (TPSA) is 153 Å². The molecule has 0 fully saturated rings. The third kappa shape index (κ3) is 10.9. The van der Waals surface area contributed by atoms with Crippen molar-refractivity contribution in [2.24, 2.45) is 11.5 Å². The third-order valence-corrected chi connectivity index (χ3v) is 4.92. The van der Waals surface area contributed by atoms with E-state index in [4.69, 9.17) is 37.0 Å². The van der Waals surface area contributed by atoms with Crippen LogP contribution in [0.15, 0.2) is 42.5 Å². The standard InChI is InChI=1S/C9H12FNO2.C9H12FNO.C9H11FO2/c1-5(11)2-6-3-8(12)9(13)4-7(6)10;1-6(11)4-7-5-8(12)2-3-9(7)10;1-2-3-6-4-8(11)9(12)5-7(6)10/h3-5,12-13H,2,11H2,1H3;2-3,5-6,12H,4,11H2,1H3;4-5,11-12H,2-3H2,1H3/t5-;6-;/m11./s1/i3*10-1. The summed E-state index contributed by atoms with van der Waals surface area (Å²) in [6, 6.07) is 7.95. The van der Waals surface area contributed by atoms with E-state index in [9.17, 15) is 13.2 Å². The first kappa shape index (κ1) is 31.4. The first-order valence-electron chi connectivity index (χ1n) is 11.6. The molecule has 0 heterocycles. The molecule has 0 saturated carbocycles. The number of phenolic OH excluding ortho intramolecular Hbond substituents is 5. The Morgan fingerprint density at radius 3 is 1.49 bits per heavy atom. The van der Waals surface area contributed by atoms with Crippen molar-refractivity contribution in [3.63, 3.8) is 0 Å². The average molecular weight is 522 g/mol. The maximum Gasteiger partial charge on any atom is 0.160 e. The number of phenols is 5. The Morgan fingerprint density at radius 2 is 1.03 bits per heavy atom. The minimum atomic E-state index is -0.549. The number of aromatic hydroxyl groups is 5. The smallest absolute Gasteiger partial charge is 0.160 e. The molecule has 0 spiro atoms. The number of benzene rings is 3. The Labute approximate surface area is 214 Å². The largest absolute Gasteiger partial charge is 0.508 e. The molecule has 0 radical (unpaired) electrons. The van der Waals surface area contributed by atoms with E-state index in [1.54, 1.807) is 13.8 Å². The van der Waals surface area contributed by atoms with Crippen LogP contribution in [0, 0.1) is 17.5 Å². The van der Waals surface area contributed by atoms with Crippen LogP contribution in [0.5, 0.6) is 28.7 Å². The van der Waals surface area contributed by atoms with Crippen molar-refractivity contribution >= 4 is 0 Å². The maximum atomic E-state index is 13.1. The molecule has 0 unspecified atom stereocenters. The molecule has 3 aromatic rings. The molecule has 204 valence electrons. The van der Waals surface area contributed by atoms with Crippen LogP contribution in [-0.2, 0) is 19.3 Å². The Kier molecular flexibility index (Phi) is 12.6. The van der Waals surface area contributed by atoms with Crippen LogP contribution in [0.4, 0.5) is 13.2 Å². The molecule has 2 atom stereocenters. The summed E-state index contributed by atoms with van der Waals surface area (Å²) in [4.78, 5) is 0. The predicted octanol–water partition coefficient (Wildman–Crippen LogP) is 4.74. The summed E-state index contributed by atoms with van der Waals surface area (Å²) in [7, 11) is 0. The summed E-state index contributed by atoms with van der Waals surface area (Å²) in [6.07, 6.45) is 2.15. The SMILES string of the molecule is CCCc1cc(O)c(O)cc1[18F].C[C@@H](N)Cc1cc(O)c(O)cc1[18F].C[C@@H](N)Cc1cc(O)ccc1[18F]. The van der Waals surface area contributed by atoms with Gasteiger partial charge in [0.05, 0.1) is 0 Å². The van der Waals surface area contributed by atoms with E-state index in [1.165, 1.54) is 30.3 Å². The molecule has 0 bridgehead atoms. The van der Waals surface area contributed by atoms with Crippen LogP contribution in [-0.4, -0.2) is 37.6 Å². The summed E-state index contributed by atoms with van der Waals surface area (Å²) < 4.78 is 39.0. The van der Waals surface area contributed by atoms with Gasteiger partial charge in [0.15, 0.2) is 23.0 Å². The molecule has 3 rings (SSSR count). The first-order chi connectivity index (χ1) is 17.2. The van der Waals surface area contributed by atoms with Crippen molar-refractivity contribution in [2.75, 3.05) is 0 Å². The highest BCUT2D eigenvalue weighted by atomic mass is 18.2. The zero-order valence-corrected chi connectivity index (χ0v) is 21.0. The van der Waals surface area contributed by atoms with E-state index >= 15 is 0 Å². The number of halogens is 3. The molecule has 10 heteroatoms. The Balaban J connectivity index is 0.000000278. The third-order valence-electron chi connectivity index (χ3n) is 4.92. The molecular weight excluding hydrogens is 486 g/mol. The molecule has 0 aliphatic carbocycles. The number of hydrogen-bond acceptors (Lipinski definition) is 7. The normalized spacial score (nSPS) is 12.0. The fourth-order valence-electron chi connectivity index (χ4n) is 3.22. The molecule has 3 aromatic carbocycles. The second kappa shape index (κ2) is 14.8. The number of nitrogens with two attached hydrogens (primary N) is 2. The van der Waals surface area contributed by atoms with E-state index in [-0.39, 0.29) is 35.1 Å². The quantitative estimate of drug-likeness (QED) is 0.231. The van der Waals surface area contributed by atoms with Crippen LogP contribution in [0.1, 0.15) is 43.9 Å². The van der Waals surface area contributed by atoms with Crippen LogP contribution in [0.3, 0.4) is 0 Å². The highest BCUT2D eigenvalue weighted by molar-refractivity contribution is 5.42. The number of aryl methyl sites for hydroxylation is 1. The number of hydrogen-bond donors (Lipinski definition) is 7. The molecule has 0 aromatic heterocycles. The van der Waals surface area contributed by atoms with Gasteiger partial charge in [-0.25, -0.2) is 13.2 Å². The monoisotopic (exact) mass is 521 g/mol. The Bertz CT molecular complexity index is 1160. The summed E-state index contributed by atoms with van der Waals surface area (Å²) >= 11 is 0. The van der Waals surface area contributed by atoms with E-state index in [0.717, 1.165) is 18.6 Å². The van der Waals surface area contributed by atoms with Gasteiger partial charge in [-0.1, -0.05) is 13.3 Å². The van der Waals surface area contributed by atoms with Crippen molar-refractivity contribution in [1.82, 2.24) is 0 Å². The fourth-order valence-corrected chi connectivity index (χ4v) is 3.22. The van der Waals surface area contributed by atoms with Crippen LogP contribution in [0.25, 0.3) is 0 Å². The molecule has 0 amide bonds. The van der Waals surface area contributed by atoms with Crippen LogP contribution >= 0.6 is 0 Å². The Hall–Kier alpha value is -3.63. The zero-order valence-electron chi connectivity index (χ0n) is 21.0. The molecule has 7 nitrogen and oxygen atoms in total. The van der Waals surface area contributed by atoms with Gasteiger partial charge < -0.3 is 37.0 Å². The second-order valence-electron chi connectivity index (χ2n) is 8.75. The maximum absolute atomic E-state index is 13.1. The minimum Gasteiger partial charge on any atom is -0.508 e. The van der Waals surface area contributed by atoms with Gasteiger partial charge in [0.25, 0.3) is 0 Å². The summed E-state index contributed by atoms with van der Waals surface area (Å²) in [5, 5.41) is 45.0. The van der Waals surface area contributed by atoms with Crippen molar-refractivity contribution in [3.05, 3.63) is 76.6 Å². The lowest BCUT2D eigenvalue weighted by atomic mass is 10.1. The minimum absolute atomic E-state index is 0.0760. The van der Waals surface area contributed by atoms with E-state index in [0.29, 0.717) is 36.0 Å². The first-order valence-corrected chi connectivity index (χ1v) is 11.6. The highest BCUT2D eigenvalue weighted by Crippen LogP contribution is 2.28. The predicted molar refractivity (Wildman–Crippen MR) is 136 cm³/mol. The lowest BCUT2D eigenvalue weighted by molar-refractivity contribution is 0.398. The fraction of sp³-hybridized carbons (Fsp3) is 0.333. The lowest BCUT2D eigenvalue weighted by Crippen LogP contribution is -2.18. The van der Waals surface area contributed by atoms with Gasteiger partial charge in [-0.15, -0.1) is 0 Å². The summed E-state index contributed by atoms with van der Waals surface area (Å²) in [6.45, 7) is 5.45. The zero-order chi connectivity index (χ0) is 28.3. The van der Waals surface area contributed by atoms with E-state index < -0.39 is 23.1 Å². The van der Waals surface area contributed by atoms with E-state index in [2.05, 4.69) is 0 Å². The summed E-state index contributed by atoms with van der Waals surface area (Å²) in [5.74, 6) is -2.70. The molecule has 0 aliphatic heterocycles. The van der Waals surface area contributed by atoms with Gasteiger partial charge in [0, 0.05) is 24.2 Å². The molecule has 37 heavy (non-hydrogen) atoms. The highest BCUT2D eigenvalue weighted by Gasteiger charge is 2.10. The van der Waals surface area contributed by atoms with Crippen LogP contribution < -0.4 is 11.5 Å². The van der Waals surface area contributed by atoms with Crippen molar-refractivity contribution < 1.29 is 38.7 Å². The van der Waals surface area contributed by atoms with Gasteiger partial charge in [-0.2, -0.15) is 0 Å². The van der Waals surface area contributed by atoms with Gasteiger partial charge in [0.1, 0.15) is 23.2 Å². The average Bonchev–Trinajstić information content (AvgIpc) is 2.79. The summed E-state index contributed by atoms with van der Waals surface area (Å²) in [5.41, 5.74) is 12.2. The molecule has 0 aliphatic rings. The van der Waals surface area contributed by atoms with Crippen molar-refractivity contribution in [3.8, 4) is 28.7 Å². The van der Waals surface area contributed by atoms with Gasteiger partial charge in [-0.3, -0.25) is 0 Å². The van der Waals surface area contributed by atoms with Crippen molar-refractivity contribution in [1.29, 1.82) is 0 Å². The molecular formula is C27H35F3N2O5. The van der Waals surface area contributed by atoms with Gasteiger partial charge in [0.2, 0.25) is 0 Å². The molecule has 0 saturated heterocycles. The second-order valence-corrected chi connectivity index (χ2v) is 8.75. The lowest BCUT2D eigenvalue weighted by Gasteiger charge is -2.07.